The summed E-state index contributed by atoms with van der Waals surface area (Å²) in [6.45, 7) is 7.89. The Labute approximate surface area is 131 Å². The number of benzene rings is 1. The van der Waals surface area contributed by atoms with E-state index in [9.17, 15) is 9.59 Å². The smallest absolute Gasteiger partial charge is 0.303 e. The molecule has 1 rings (SSSR count). The number of hydrogen-bond donors (Lipinski definition) is 2. The first-order valence-corrected chi connectivity index (χ1v) is 7.42. The van der Waals surface area contributed by atoms with Gasteiger partial charge in [-0.1, -0.05) is 12.1 Å². The van der Waals surface area contributed by atoms with E-state index in [4.69, 9.17) is 9.84 Å². The summed E-state index contributed by atoms with van der Waals surface area (Å²) in [5.74, 6) is -0.209. The zero-order valence-corrected chi connectivity index (χ0v) is 13.7. The minimum absolute atomic E-state index is 0.0340. The average Bonchev–Trinajstić information content (AvgIpc) is 2.40. The van der Waals surface area contributed by atoms with Crippen LogP contribution in [0.2, 0.25) is 0 Å². The van der Waals surface area contributed by atoms with Crippen molar-refractivity contribution in [3.63, 3.8) is 0 Å². The third-order valence-electron chi connectivity index (χ3n) is 3.37. The minimum atomic E-state index is -0.861. The number of carboxylic acids is 1. The van der Waals surface area contributed by atoms with Crippen LogP contribution in [0.4, 0.5) is 0 Å². The van der Waals surface area contributed by atoms with Gasteiger partial charge in [0, 0.05) is 12.0 Å². The Morgan fingerprint density at radius 2 is 1.91 bits per heavy atom. The van der Waals surface area contributed by atoms with Crippen LogP contribution in [0.5, 0.6) is 5.75 Å². The average molecular weight is 307 g/mol. The second kappa shape index (κ2) is 7.82. The number of amides is 1. The molecule has 0 aliphatic rings. The highest BCUT2D eigenvalue weighted by Crippen LogP contribution is 2.19. The van der Waals surface area contributed by atoms with Gasteiger partial charge >= 0.3 is 5.97 Å². The summed E-state index contributed by atoms with van der Waals surface area (Å²) in [6.07, 6.45) is 0.669. The van der Waals surface area contributed by atoms with Crippen LogP contribution in [0, 0.1) is 13.8 Å². The van der Waals surface area contributed by atoms with Crippen molar-refractivity contribution in [2.24, 2.45) is 0 Å². The highest BCUT2D eigenvalue weighted by Gasteiger charge is 2.21. The van der Waals surface area contributed by atoms with Gasteiger partial charge in [0.05, 0.1) is 13.0 Å². The van der Waals surface area contributed by atoms with Crippen molar-refractivity contribution >= 4 is 11.9 Å². The first-order valence-electron chi connectivity index (χ1n) is 7.42. The molecule has 5 nitrogen and oxygen atoms in total. The summed E-state index contributed by atoms with van der Waals surface area (Å²) in [5.41, 5.74) is 1.61. The molecule has 0 saturated heterocycles. The number of nitrogens with one attached hydrogen (secondary N) is 1. The quantitative estimate of drug-likeness (QED) is 0.774. The van der Waals surface area contributed by atoms with E-state index < -0.39 is 11.5 Å². The Balaban J connectivity index is 2.39. The van der Waals surface area contributed by atoms with Crippen molar-refractivity contribution in [2.45, 2.75) is 52.5 Å². The summed E-state index contributed by atoms with van der Waals surface area (Å²) in [6, 6.07) is 5.95. The fourth-order valence-corrected chi connectivity index (χ4v) is 2.04. The Morgan fingerprint density at radius 3 is 2.55 bits per heavy atom. The maximum Gasteiger partial charge on any atom is 0.303 e. The Hall–Kier alpha value is -2.04. The van der Waals surface area contributed by atoms with Crippen LogP contribution in [-0.2, 0) is 9.59 Å². The van der Waals surface area contributed by atoms with Crippen LogP contribution in [0.15, 0.2) is 18.2 Å². The number of carbonyl (C=O) groups is 2. The number of rotatable bonds is 8. The van der Waals surface area contributed by atoms with E-state index in [1.807, 2.05) is 45.9 Å². The number of carbonyl (C=O) groups excluding carboxylic acids is 1. The fourth-order valence-electron chi connectivity index (χ4n) is 2.04. The van der Waals surface area contributed by atoms with Gasteiger partial charge in [0.15, 0.2) is 0 Å². The maximum atomic E-state index is 11.9. The molecule has 122 valence electrons. The lowest BCUT2D eigenvalue weighted by Gasteiger charge is -2.25. The second-order valence-electron chi connectivity index (χ2n) is 6.19. The lowest BCUT2D eigenvalue weighted by molar-refractivity contribution is -0.137. The van der Waals surface area contributed by atoms with Gasteiger partial charge in [0.1, 0.15) is 5.75 Å². The van der Waals surface area contributed by atoms with Crippen molar-refractivity contribution < 1.29 is 19.4 Å². The van der Waals surface area contributed by atoms with Crippen LogP contribution in [0.1, 0.15) is 44.2 Å². The lowest BCUT2D eigenvalue weighted by atomic mass is 9.98. The van der Waals surface area contributed by atoms with Gasteiger partial charge < -0.3 is 15.2 Å². The van der Waals surface area contributed by atoms with Crippen LogP contribution in [-0.4, -0.2) is 29.1 Å². The molecule has 0 radical (unpaired) electrons. The standard InChI is InChI=1S/C17H25NO4/c1-12-5-6-13(2)14(11-12)22-10-8-15(19)18-17(3,4)9-7-16(20)21/h5-6,11H,7-10H2,1-4H3,(H,18,19)(H,20,21). The van der Waals surface area contributed by atoms with E-state index in [2.05, 4.69) is 5.32 Å². The molecule has 0 spiro atoms. The van der Waals surface area contributed by atoms with Crippen LogP contribution in [0.3, 0.4) is 0 Å². The third kappa shape index (κ3) is 6.61. The number of aliphatic carboxylic acids is 1. The summed E-state index contributed by atoms with van der Waals surface area (Å²) in [4.78, 5) is 22.5. The first kappa shape index (κ1) is 18.0. The largest absolute Gasteiger partial charge is 0.493 e. The van der Waals surface area contributed by atoms with Gasteiger partial charge in [-0.15, -0.1) is 0 Å². The maximum absolute atomic E-state index is 11.9. The molecule has 5 heteroatoms. The minimum Gasteiger partial charge on any atom is -0.493 e. The van der Waals surface area contributed by atoms with Crippen molar-refractivity contribution in [2.75, 3.05) is 6.61 Å². The Kier molecular flexibility index (Phi) is 6.40. The summed E-state index contributed by atoms with van der Waals surface area (Å²) < 4.78 is 5.65. The molecule has 0 heterocycles. The van der Waals surface area contributed by atoms with E-state index in [0.717, 1.165) is 16.9 Å². The molecule has 1 aromatic rings. The molecule has 0 aliphatic heterocycles. The fraction of sp³-hybridized carbons (Fsp3) is 0.529. The lowest BCUT2D eigenvalue weighted by Crippen LogP contribution is -2.44. The van der Waals surface area contributed by atoms with Gasteiger partial charge in [0.2, 0.25) is 5.91 Å². The normalized spacial score (nSPS) is 11.1. The van der Waals surface area contributed by atoms with Crippen molar-refractivity contribution in [3.8, 4) is 5.75 Å². The molecule has 0 saturated carbocycles. The summed E-state index contributed by atoms with van der Waals surface area (Å²) in [5, 5.41) is 11.5. The number of ether oxygens (including phenoxy) is 1. The second-order valence-corrected chi connectivity index (χ2v) is 6.19. The summed E-state index contributed by atoms with van der Waals surface area (Å²) in [7, 11) is 0. The first-order chi connectivity index (χ1) is 10.2. The highest BCUT2D eigenvalue weighted by molar-refractivity contribution is 5.77. The molecular weight excluding hydrogens is 282 g/mol. The van der Waals surface area contributed by atoms with Crippen molar-refractivity contribution in [1.29, 1.82) is 0 Å². The summed E-state index contributed by atoms with van der Waals surface area (Å²) >= 11 is 0. The van der Waals surface area contributed by atoms with E-state index in [0.29, 0.717) is 13.0 Å². The highest BCUT2D eigenvalue weighted by atomic mass is 16.5. The van der Waals surface area contributed by atoms with Gasteiger partial charge in [-0.05, 0) is 51.3 Å². The van der Waals surface area contributed by atoms with Crippen molar-refractivity contribution in [3.05, 3.63) is 29.3 Å². The molecule has 0 unspecified atom stereocenters. The van der Waals surface area contributed by atoms with E-state index in [1.54, 1.807) is 0 Å². The molecule has 1 amide bonds. The molecule has 0 bridgehead atoms. The van der Waals surface area contributed by atoms with Gasteiger partial charge in [-0.2, -0.15) is 0 Å². The number of carboxylic acid groups (broad SMARTS) is 1. The SMILES string of the molecule is Cc1ccc(C)c(OCCC(=O)NC(C)(C)CCC(=O)O)c1. The zero-order chi connectivity index (χ0) is 16.8. The van der Waals surface area contributed by atoms with Gasteiger partial charge in [-0.25, -0.2) is 0 Å². The number of hydrogen-bond acceptors (Lipinski definition) is 3. The predicted octanol–water partition coefficient (Wildman–Crippen LogP) is 2.83. The molecule has 1 aromatic carbocycles. The van der Waals surface area contributed by atoms with Crippen LogP contribution in [0.25, 0.3) is 0 Å². The Morgan fingerprint density at radius 1 is 1.23 bits per heavy atom. The Bertz CT molecular complexity index is 537. The molecule has 0 aliphatic carbocycles. The van der Waals surface area contributed by atoms with E-state index in [1.165, 1.54) is 0 Å². The van der Waals surface area contributed by atoms with Gasteiger partial charge in [0.25, 0.3) is 0 Å². The predicted molar refractivity (Wildman–Crippen MR) is 85.1 cm³/mol. The van der Waals surface area contributed by atoms with Crippen molar-refractivity contribution in [1.82, 2.24) is 5.32 Å². The monoisotopic (exact) mass is 307 g/mol. The van der Waals surface area contributed by atoms with E-state index in [-0.39, 0.29) is 18.7 Å². The molecule has 22 heavy (non-hydrogen) atoms. The van der Waals surface area contributed by atoms with Gasteiger partial charge in [-0.3, -0.25) is 9.59 Å². The van der Waals surface area contributed by atoms with E-state index >= 15 is 0 Å². The zero-order valence-electron chi connectivity index (χ0n) is 13.7. The molecular formula is C17H25NO4. The molecule has 2 N–H and O–H groups in total. The third-order valence-corrected chi connectivity index (χ3v) is 3.37. The molecule has 0 atom stereocenters. The molecule has 0 aromatic heterocycles. The van der Waals surface area contributed by atoms with Crippen LogP contribution >= 0.6 is 0 Å². The molecule has 0 fully saturated rings. The topological polar surface area (TPSA) is 75.6 Å². The van der Waals surface area contributed by atoms with Crippen LogP contribution < -0.4 is 10.1 Å². The number of aryl methyl sites for hydroxylation is 2.